The van der Waals surface area contributed by atoms with Gasteiger partial charge >= 0.3 is 5.97 Å². The zero-order valence-electron chi connectivity index (χ0n) is 10.9. The zero-order chi connectivity index (χ0) is 14.3. The molecule has 0 radical (unpaired) electrons. The van der Waals surface area contributed by atoms with Crippen molar-refractivity contribution in [3.63, 3.8) is 0 Å². The van der Waals surface area contributed by atoms with Gasteiger partial charge in [0.1, 0.15) is 0 Å². The van der Waals surface area contributed by atoms with Crippen LogP contribution in [0.3, 0.4) is 0 Å². The summed E-state index contributed by atoms with van der Waals surface area (Å²) in [4.78, 5) is 36.2. The molecule has 0 aliphatic carbocycles. The van der Waals surface area contributed by atoms with Crippen molar-refractivity contribution in [2.75, 3.05) is 4.90 Å². The summed E-state index contributed by atoms with van der Waals surface area (Å²) in [7, 11) is 0. The van der Waals surface area contributed by atoms with Crippen LogP contribution in [0.5, 0.6) is 0 Å². The molecular formula is C14H13NO4. The Morgan fingerprint density at radius 2 is 1.58 bits per heavy atom. The van der Waals surface area contributed by atoms with Crippen LogP contribution in [-0.4, -0.2) is 22.9 Å². The maximum Gasteiger partial charge on any atom is 0.336 e. The lowest BCUT2D eigenvalue weighted by molar-refractivity contribution is -0.120. The molecule has 5 heteroatoms. The summed E-state index contributed by atoms with van der Waals surface area (Å²) in [6.45, 7) is 4.76. The van der Waals surface area contributed by atoms with E-state index in [2.05, 4.69) is 0 Å². The van der Waals surface area contributed by atoms with Crippen LogP contribution >= 0.6 is 0 Å². The first-order chi connectivity index (χ1) is 8.86. The van der Waals surface area contributed by atoms with Gasteiger partial charge in [-0.3, -0.25) is 9.59 Å². The Hall–Kier alpha value is -2.43. The van der Waals surface area contributed by atoms with Crippen LogP contribution in [0.2, 0.25) is 0 Å². The summed E-state index contributed by atoms with van der Waals surface area (Å²) in [5.41, 5.74) is 1.60. The van der Waals surface area contributed by atoms with Crippen molar-refractivity contribution >= 4 is 23.5 Å². The predicted molar refractivity (Wildman–Crippen MR) is 69.0 cm³/mol. The van der Waals surface area contributed by atoms with Crippen molar-refractivity contribution in [2.24, 2.45) is 0 Å². The number of aromatic carboxylic acids is 1. The number of carbonyl (C=O) groups excluding carboxylic acids is 2. The third kappa shape index (κ3) is 1.83. The van der Waals surface area contributed by atoms with Gasteiger partial charge < -0.3 is 5.11 Å². The number of hydrogen-bond donors (Lipinski definition) is 1. The molecule has 1 heterocycles. The molecule has 2 rings (SSSR count). The van der Waals surface area contributed by atoms with Crippen molar-refractivity contribution in [3.05, 3.63) is 40.5 Å². The van der Waals surface area contributed by atoms with E-state index < -0.39 is 17.8 Å². The molecule has 0 saturated carbocycles. The van der Waals surface area contributed by atoms with Gasteiger partial charge in [-0.15, -0.1) is 0 Å². The quantitative estimate of drug-likeness (QED) is 0.823. The highest BCUT2D eigenvalue weighted by molar-refractivity contribution is 6.32. The molecule has 1 aromatic carbocycles. The molecule has 1 aromatic rings. The van der Waals surface area contributed by atoms with Crippen LogP contribution in [0.15, 0.2) is 29.3 Å². The Morgan fingerprint density at radius 3 is 2.05 bits per heavy atom. The molecule has 0 bridgehead atoms. The number of carboxylic acid groups (broad SMARTS) is 1. The minimum atomic E-state index is -1.08. The smallest absolute Gasteiger partial charge is 0.336 e. The Balaban J connectivity index is 2.57. The SMILES string of the molecule is CC1=C(C)C(=O)N(c2cccc(C(=O)O)c2C)C1=O. The third-order valence-electron chi connectivity index (χ3n) is 3.39. The van der Waals surface area contributed by atoms with Crippen molar-refractivity contribution in [3.8, 4) is 0 Å². The van der Waals surface area contributed by atoms with Crippen LogP contribution in [0.1, 0.15) is 29.8 Å². The van der Waals surface area contributed by atoms with Crippen LogP contribution in [0.25, 0.3) is 0 Å². The predicted octanol–water partition coefficient (Wildman–Crippen LogP) is 1.90. The lowest BCUT2D eigenvalue weighted by atomic mass is 10.1. The van der Waals surface area contributed by atoms with E-state index in [-0.39, 0.29) is 5.56 Å². The highest BCUT2D eigenvalue weighted by Crippen LogP contribution is 2.30. The van der Waals surface area contributed by atoms with Gasteiger partial charge in [-0.1, -0.05) is 6.07 Å². The van der Waals surface area contributed by atoms with Gasteiger partial charge in [0.25, 0.3) is 11.8 Å². The Bertz CT molecular complexity index is 619. The van der Waals surface area contributed by atoms with Crippen molar-refractivity contribution in [1.29, 1.82) is 0 Å². The third-order valence-corrected chi connectivity index (χ3v) is 3.39. The molecule has 0 unspecified atom stereocenters. The summed E-state index contributed by atoms with van der Waals surface area (Å²) in [5.74, 6) is -1.87. The van der Waals surface area contributed by atoms with Crippen LogP contribution < -0.4 is 4.90 Å². The van der Waals surface area contributed by atoms with E-state index in [1.165, 1.54) is 12.1 Å². The van der Waals surface area contributed by atoms with Crippen LogP contribution in [-0.2, 0) is 9.59 Å². The van der Waals surface area contributed by atoms with E-state index in [0.29, 0.717) is 22.4 Å². The fourth-order valence-corrected chi connectivity index (χ4v) is 2.06. The lowest BCUT2D eigenvalue weighted by Gasteiger charge is -2.18. The maximum absolute atomic E-state index is 12.1. The topological polar surface area (TPSA) is 74.7 Å². The molecule has 0 atom stereocenters. The van der Waals surface area contributed by atoms with Gasteiger partial charge in [0.05, 0.1) is 11.3 Å². The number of benzene rings is 1. The number of anilines is 1. The zero-order valence-corrected chi connectivity index (χ0v) is 10.9. The number of imide groups is 1. The largest absolute Gasteiger partial charge is 0.478 e. The molecule has 2 amide bonds. The minimum absolute atomic E-state index is 0.0836. The first kappa shape index (κ1) is 13.0. The second-order valence-corrected chi connectivity index (χ2v) is 4.45. The Labute approximate surface area is 110 Å². The summed E-state index contributed by atoms with van der Waals surface area (Å²) in [6, 6.07) is 4.54. The monoisotopic (exact) mass is 259 g/mol. The molecule has 1 N–H and O–H groups in total. The molecule has 0 saturated heterocycles. The van der Waals surface area contributed by atoms with Gasteiger partial charge in [0.2, 0.25) is 0 Å². The summed E-state index contributed by atoms with van der Waals surface area (Å²) in [5, 5.41) is 9.07. The van der Waals surface area contributed by atoms with Crippen molar-refractivity contribution in [1.82, 2.24) is 0 Å². The summed E-state index contributed by atoms with van der Waals surface area (Å²) >= 11 is 0. The molecule has 5 nitrogen and oxygen atoms in total. The summed E-state index contributed by atoms with van der Waals surface area (Å²) in [6.07, 6.45) is 0. The second kappa shape index (κ2) is 4.35. The normalized spacial score (nSPS) is 15.4. The average Bonchev–Trinajstić information content (AvgIpc) is 2.55. The van der Waals surface area contributed by atoms with E-state index in [4.69, 9.17) is 5.11 Å². The van der Waals surface area contributed by atoms with Crippen LogP contribution in [0, 0.1) is 6.92 Å². The van der Waals surface area contributed by atoms with Gasteiger partial charge in [0.15, 0.2) is 0 Å². The van der Waals surface area contributed by atoms with Crippen molar-refractivity contribution < 1.29 is 19.5 Å². The first-order valence-corrected chi connectivity index (χ1v) is 5.75. The number of rotatable bonds is 2. The molecule has 0 aromatic heterocycles. The fourth-order valence-electron chi connectivity index (χ4n) is 2.06. The van der Waals surface area contributed by atoms with Gasteiger partial charge in [-0.25, -0.2) is 9.69 Å². The van der Waals surface area contributed by atoms with E-state index in [9.17, 15) is 14.4 Å². The van der Waals surface area contributed by atoms with Crippen LogP contribution in [0.4, 0.5) is 5.69 Å². The molecule has 0 fully saturated rings. The van der Waals surface area contributed by atoms with E-state index >= 15 is 0 Å². The number of hydrogen-bond acceptors (Lipinski definition) is 3. The molecule has 1 aliphatic rings. The first-order valence-electron chi connectivity index (χ1n) is 5.75. The highest BCUT2D eigenvalue weighted by Gasteiger charge is 2.35. The second-order valence-electron chi connectivity index (χ2n) is 4.45. The minimum Gasteiger partial charge on any atom is -0.478 e. The molecule has 1 aliphatic heterocycles. The van der Waals surface area contributed by atoms with Crippen molar-refractivity contribution in [2.45, 2.75) is 20.8 Å². The van der Waals surface area contributed by atoms with Gasteiger partial charge in [-0.05, 0) is 38.5 Å². The van der Waals surface area contributed by atoms with E-state index in [0.717, 1.165) is 4.90 Å². The lowest BCUT2D eigenvalue weighted by Crippen LogP contribution is -2.32. The maximum atomic E-state index is 12.1. The molecule has 19 heavy (non-hydrogen) atoms. The van der Waals surface area contributed by atoms with Gasteiger partial charge in [-0.2, -0.15) is 0 Å². The molecule has 0 spiro atoms. The highest BCUT2D eigenvalue weighted by atomic mass is 16.4. The number of nitrogens with zero attached hydrogens (tertiary/aromatic N) is 1. The number of carboxylic acids is 1. The van der Waals surface area contributed by atoms with E-state index in [1.54, 1.807) is 26.8 Å². The Kier molecular flexibility index (Phi) is 2.98. The Morgan fingerprint density at radius 1 is 1.05 bits per heavy atom. The molecule has 98 valence electrons. The molecular weight excluding hydrogens is 246 g/mol. The summed E-state index contributed by atoms with van der Waals surface area (Å²) < 4.78 is 0. The average molecular weight is 259 g/mol. The standard InChI is InChI=1S/C14H13NO4/c1-7-8(2)13(17)15(12(7)16)11-6-4-5-10(9(11)3)14(18)19/h4-6H,1-3H3,(H,18,19). The number of carbonyl (C=O) groups is 3. The number of amides is 2. The van der Waals surface area contributed by atoms with E-state index in [1.807, 2.05) is 0 Å². The van der Waals surface area contributed by atoms with Gasteiger partial charge in [0, 0.05) is 11.1 Å². The fraction of sp³-hybridized carbons (Fsp3) is 0.214.